The van der Waals surface area contributed by atoms with E-state index in [1.807, 2.05) is 18.2 Å². The number of primary amides is 1. The van der Waals surface area contributed by atoms with Gasteiger partial charge in [-0.15, -0.1) is 0 Å². The lowest BCUT2D eigenvalue weighted by atomic mass is 10.1. The molecular formula is C10H10ClNO. The first-order valence-corrected chi connectivity index (χ1v) is 4.21. The highest BCUT2D eigenvalue weighted by atomic mass is 35.5. The van der Waals surface area contributed by atoms with Crippen molar-refractivity contribution >= 4 is 23.6 Å². The monoisotopic (exact) mass is 195 g/mol. The zero-order chi connectivity index (χ0) is 9.84. The zero-order valence-corrected chi connectivity index (χ0v) is 8.01. The van der Waals surface area contributed by atoms with Gasteiger partial charge >= 0.3 is 0 Å². The van der Waals surface area contributed by atoms with Crippen LogP contribution in [-0.2, 0) is 4.79 Å². The van der Waals surface area contributed by atoms with Crippen LogP contribution in [0.1, 0.15) is 12.5 Å². The molecule has 0 aliphatic heterocycles. The van der Waals surface area contributed by atoms with Crippen LogP contribution in [0.15, 0.2) is 29.8 Å². The molecule has 0 atom stereocenters. The van der Waals surface area contributed by atoms with Crippen LogP contribution < -0.4 is 5.73 Å². The fraction of sp³-hybridized carbons (Fsp3) is 0.100. The minimum atomic E-state index is -0.431. The zero-order valence-electron chi connectivity index (χ0n) is 7.25. The van der Waals surface area contributed by atoms with E-state index in [2.05, 4.69) is 0 Å². The Morgan fingerprint density at radius 2 is 2.08 bits per heavy atom. The fourth-order valence-corrected chi connectivity index (χ4v) is 1.09. The number of nitrogens with two attached hydrogens (primary N) is 1. The molecule has 0 saturated carbocycles. The van der Waals surface area contributed by atoms with Gasteiger partial charge in [-0.2, -0.15) is 0 Å². The van der Waals surface area contributed by atoms with Crippen molar-refractivity contribution in [3.8, 4) is 0 Å². The Morgan fingerprint density at radius 3 is 2.62 bits per heavy atom. The van der Waals surface area contributed by atoms with E-state index < -0.39 is 5.91 Å². The molecule has 3 heteroatoms. The molecule has 0 aliphatic carbocycles. The second-order valence-electron chi connectivity index (χ2n) is 2.71. The molecule has 13 heavy (non-hydrogen) atoms. The van der Waals surface area contributed by atoms with Crippen LogP contribution >= 0.6 is 11.6 Å². The van der Waals surface area contributed by atoms with Crippen molar-refractivity contribution < 1.29 is 4.79 Å². The van der Waals surface area contributed by atoms with Gasteiger partial charge in [-0.05, 0) is 24.6 Å². The van der Waals surface area contributed by atoms with Crippen LogP contribution in [0.4, 0.5) is 0 Å². The van der Waals surface area contributed by atoms with Crippen molar-refractivity contribution in [3.63, 3.8) is 0 Å². The van der Waals surface area contributed by atoms with E-state index in [-0.39, 0.29) is 0 Å². The average molecular weight is 196 g/mol. The first-order valence-electron chi connectivity index (χ1n) is 3.84. The lowest BCUT2D eigenvalue weighted by Gasteiger charge is -1.98. The van der Waals surface area contributed by atoms with Gasteiger partial charge in [0.1, 0.15) is 0 Å². The van der Waals surface area contributed by atoms with Crippen molar-refractivity contribution in [1.29, 1.82) is 0 Å². The van der Waals surface area contributed by atoms with E-state index in [4.69, 9.17) is 17.3 Å². The van der Waals surface area contributed by atoms with Crippen molar-refractivity contribution in [1.82, 2.24) is 0 Å². The maximum atomic E-state index is 10.7. The molecule has 0 aliphatic rings. The third kappa shape index (κ3) is 2.60. The SMILES string of the molecule is CC(=Cc1ccccc1Cl)C(N)=O. The lowest BCUT2D eigenvalue weighted by molar-refractivity contribution is -0.114. The van der Waals surface area contributed by atoms with Crippen LogP contribution in [0.5, 0.6) is 0 Å². The number of benzene rings is 1. The van der Waals surface area contributed by atoms with E-state index >= 15 is 0 Å². The standard InChI is InChI=1S/C10H10ClNO/c1-7(10(12)13)6-8-4-2-3-5-9(8)11/h2-6H,1H3,(H2,12,13). The Hall–Kier alpha value is -1.28. The first-order chi connectivity index (χ1) is 6.11. The Labute approximate surface area is 82.0 Å². The highest BCUT2D eigenvalue weighted by Gasteiger charge is 1.99. The Morgan fingerprint density at radius 1 is 1.46 bits per heavy atom. The molecule has 0 spiro atoms. The summed E-state index contributed by atoms with van der Waals surface area (Å²) in [4.78, 5) is 10.7. The van der Waals surface area contributed by atoms with Crippen molar-refractivity contribution in [2.24, 2.45) is 5.73 Å². The number of hydrogen-bond donors (Lipinski definition) is 1. The summed E-state index contributed by atoms with van der Waals surface area (Å²) in [6.45, 7) is 1.66. The molecule has 0 saturated heterocycles. The molecule has 2 nitrogen and oxygen atoms in total. The van der Waals surface area contributed by atoms with Gasteiger partial charge in [0.05, 0.1) is 0 Å². The van der Waals surface area contributed by atoms with E-state index in [0.29, 0.717) is 10.6 Å². The Balaban J connectivity index is 3.04. The predicted molar refractivity (Wildman–Crippen MR) is 54.3 cm³/mol. The second-order valence-corrected chi connectivity index (χ2v) is 3.12. The van der Waals surface area contributed by atoms with Crippen molar-refractivity contribution in [2.45, 2.75) is 6.92 Å². The van der Waals surface area contributed by atoms with Gasteiger partial charge in [-0.25, -0.2) is 0 Å². The third-order valence-corrected chi connectivity index (χ3v) is 2.01. The van der Waals surface area contributed by atoms with Gasteiger partial charge in [0.2, 0.25) is 5.91 Å². The van der Waals surface area contributed by atoms with Gasteiger partial charge in [0.15, 0.2) is 0 Å². The number of halogens is 1. The largest absolute Gasteiger partial charge is 0.366 e. The summed E-state index contributed by atoms with van der Waals surface area (Å²) in [6, 6.07) is 7.28. The summed E-state index contributed by atoms with van der Waals surface area (Å²) in [7, 11) is 0. The fourth-order valence-electron chi connectivity index (χ4n) is 0.897. The van der Waals surface area contributed by atoms with Crippen LogP contribution in [0.25, 0.3) is 6.08 Å². The first kappa shape index (κ1) is 9.81. The molecule has 0 heterocycles. The number of carbonyl (C=O) groups excluding carboxylic acids is 1. The van der Waals surface area contributed by atoms with Gasteiger partial charge in [0, 0.05) is 10.6 Å². The molecule has 68 valence electrons. The number of rotatable bonds is 2. The van der Waals surface area contributed by atoms with Crippen LogP contribution in [0.3, 0.4) is 0 Å². The highest BCUT2D eigenvalue weighted by Crippen LogP contribution is 2.17. The normalized spacial score (nSPS) is 11.4. The van der Waals surface area contributed by atoms with Gasteiger partial charge in [0.25, 0.3) is 0 Å². The van der Waals surface area contributed by atoms with Crippen LogP contribution in [0.2, 0.25) is 5.02 Å². The quantitative estimate of drug-likeness (QED) is 0.723. The van der Waals surface area contributed by atoms with E-state index in [1.165, 1.54) is 0 Å². The number of hydrogen-bond acceptors (Lipinski definition) is 1. The van der Waals surface area contributed by atoms with Crippen molar-refractivity contribution in [2.75, 3.05) is 0 Å². The van der Waals surface area contributed by atoms with E-state index in [1.54, 1.807) is 19.1 Å². The maximum Gasteiger partial charge on any atom is 0.244 e. The minimum absolute atomic E-state index is 0.431. The Bertz CT molecular complexity index is 358. The summed E-state index contributed by atoms with van der Waals surface area (Å²) >= 11 is 5.88. The number of carbonyl (C=O) groups is 1. The molecule has 1 aromatic rings. The summed E-state index contributed by atoms with van der Waals surface area (Å²) in [5.74, 6) is -0.431. The third-order valence-electron chi connectivity index (χ3n) is 1.67. The summed E-state index contributed by atoms with van der Waals surface area (Å²) in [5, 5.41) is 0.614. The van der Waals surface area contributed by atoms with Gasteiger partial charge in [-0.1, -0.05) is 29.8 Å². The van der Waals surface area contributed by atoms with Gasteiger partial charge < -0.3 is 5.73 Å². The average Bonchev–Trinajstić information content (AvgIpc) is 2.08. The number of amides is 1. The molecular weight excluding hydrogens is 186 g/mol. The van der Waals surface area contributed by atoms with Gasteiger partial charge in [-0.3, -0.25) is 4.79 Å². The molecule has 0 bridgehead atoms. The summed E-state index contributed by atoms with van der Waals surface area (Å²) in [6.07, 6.45) is 1.67. The second kappa shape index (κ2) is 4.10. The summed E-state index contributed by atoms with van der Waals surface area (Å²) < 4.78 is 0. The lowest BCUT2D eigenvalue weighted by Crippen LogP contribution is -2.11. The molecule has 0 unspecified atom stereocenters. The predicted octanol–water partition coefficient (Wildman–Crippen LogP) is 2.23. The molecule has 1 amide bonds. The van der Waals surface area contributed by atoms with Crippen LogP contribution in [-0.4, -0.2) is 5.91 Å². The molecule has 1 rings (SSSR count). The van der Waals surface area contributed by atoms with Crippen molar-refractivity contribution in [3.05, 3.63) is 40.4 Å². The topological polar surface area (TPSA) is 43.1 Å². The molecule has 0 radical (unpaired) electrons. The molecule has 0 fully saturated rings. The maximum absolute atomic E-state index is 10.7. The Kier molecular flexibility index (Phi) is 3.09. The summed E-state index contributed by atoms with van der Waals surface area (Å²) in [5.41, 5.74) is 6.38. The highest BCUT2D eigenvalue weighted by molar-refractivity contribution is 6.32. The molecule has 2 N–H and O–H groups in total. The van der Waals surface area contributed by atoms with E-state index in [9.17, 15) is 4.79 Å². The molecule has 1 aromatic carbocycles. The molecule has 0 aromatic heterocycles. The smallest absolute Gasteiger partial charge is 0.244 e. The van der Waals surface area contributed by atoms with Crippen LogP contribution in [0, 0.1) is 0 Å². The van der Waals surface area contributed by atoms with E-state index in [0.717, 1.165) is 5.56 Å². The minimum Gasteiger partial charge on any atom is -0.366 e.